The summed E-state index contributed by atoms with van der Waals surface area (Å²) in [5.74, 6) is 1.13. The molecule has 3 aromatic rings. The van der Waals surface area contributed by atoms with Crippen molar-refractivity contribution in [2.75, 3.05) is 78.5 Å². The van der Waals surface area contributed by atoms with E-state index in [9.17, 15) is 15.3 Å². The van der Waals surface area contributed by atoms with E-state index in [-0.39, 0.29) is 0 Å². The number of phenols is 3. The normalized spacial score (nSPS) is 12.5. The summed E-state index contributed by atoms with van der Waals surface area (Å²) in [6.07, 6.45) is 0. The molecule has 0 fully saturated rings. The Kier molecular flexibility index (Phi) is 20.7. The van der Waals surface area contributed by atoms with E-state index >= 15 is 0 Å². The SMILES string of the molecule is CCN(CC)Cc1cc(C(C)(c2cc(CN(CC)CC)c(O)c(CN(CC)CC)c2)c2cc(CN(CC)CC)c(O)c(CN(CC)CC)c2)cc(CN(CC)CC)c1O. The molecule has 3 aromatic carbocycles. The maximum absolute atomic E-state index is 12.1. The Morgan fingerprint density at radius 3 is 0.559 bits per heavy atom. The lowest BCUT2D eigenvalue weighted by Gasteiger charge is -2.36. The van der Waals surface area contributed by atoms with Crippen molar-refractivity contribution in [2.24, 2.45) is 0 Å². The van der Waals surface area contributed by atoms with E-state index in [1.54, 1.807) is 0 Å². The molecule has 332 valence electrons. The zero-order valence-corrected chi connectivity index (χ0v) is 39.7. The molecule has 0 atom stereocenters. The van der Waals surface area contributed by atoms with Crippen LogP contribution in [-0.2, 0) is 44.7 Å². The highest BCUT2D eigenvalue weighted by Crippen LogP contribution is 2.46. The van der Waals surface area contributed by atoms with Crippen LogP contribution in [0.25, 0.3) is 0 Å². The van der Waals surface area contributed by atoms with Gasteiger partial charge in [-0.3, -0.25) is 29.4 Å². The number of hydrogen-bond donors (Lipinski definition) is 3. The Bertz CT molecular complexity index is 1400. The Balaban J connectivity index is 2.67. The predicted octanol–water partition coefficient (Wildman–Crippen LogP) is 9.21. The van der Waals surface area contributed by atoms with Crippen molar-refractivity contribution in [1.29, 1.82) is 0 Å². The summed E-state index contributed by atoms with van der Waals surface area (Å²) in [6, 6.07) is 13.5. The van der Waals surface area contributed by atoms with Crippen molar-refractivity contribution in [3.63, 3.8) is 0 Å². The van der Waals surface area contributed by atoms with Gasteiger partial charge in [0, 0.05) is 78.1 Å². The van der Waals surface area contributed by atoms with Gasteiger partial charge in [0.1, 0.15) is 17.2 Å². The number of nitrogens with zero attached hydrogens (tertiary/aromatic N) is 6. The molecule has 9 nitrogen and oxygen atoms in total. The second-order valence-electron chi connectivity index (χ2n) is 16.3. The highest BCUT2D eigenvalue weighted by Gasteiger charge is 2.36. The molecule has 9 heteroatoms. The molecule has 0 aromatic heterocycles. The third kappa shape index (κ3) is 12.5. The molecule has 0 unspecified atom stereocenters. The van der Waals surface area contributed by atoms with Crippen LogP contribution >= 0.6 is 0 Å². The van der Waals surface area contributed by atoms with Crippen molar-refractivity contribution < 1.29 is 15.3 Å². The Morgan fingerprint density at radius 2 is 0.441 bits per heavy atom. The summed E-state index contributed by atoms with van der Waals surface area (Å²) in [4.78, 5) is 14.2. The van der Waals surface area contributed by atoms with E-state index in [4.69, 9.17) is 0 Å². The first-order valence-corrected chi connectivity index (χ1v) is 23.2. The molecule has 0 saturated heterocycles. The minimum atomic E-state index is -0.739. The van der Waals surface area contributed by atoms with E-state index in [0.717, 1.165) is 129 Å². The highest BCUT2D eigenvalue weighted by molar-refractivity contribution is 5.60. The van der Waals surface area contributed by atoms with Crippen molar-refractivity contribution in [3.8, 4) is 17.2 Å². The van der Waals surface area contributed by atoms with E-state index in [0.29, 0.717) is 56.5 Å². The Hall–Kier alpha value is -3.18. The Labute approximate surface area is 360 Å². The number of hydrogen-bond acceptors (Lipinski definition) is 9. The van der Waals surface area contributed by atoms with Crippen LogP contribution in [0, 0.1) is 0 Å². The lowest BCUT2D eigenvalue weighted by molar-refractivity contribution is 0.280. The summed E-state index contributed by atoms with van der Waals surface area (Å²) >= 11 is 0. The van der Waals surface area contributed by atoms with Gasteiger partial charge in [-0.25, -0.2) is 0 Å². The summed E-state index contributed by atoms with van der Waals surface area (Å²) in [5.41, 5.74) is 8.11. The maximum atomic E-state index is 12.1. The van der Waals surface area contributed by atoms with Crippen LogP contribution in [0.3, 0.4) is 0 Å². The fourth-order valence-corrected chi connectivity index (χ4v) is 8.50. The average molecular weight is 817 g/mol. The van der Waals surface area contributed by atoms with E-state index in [1.165, 1.54) is 0 Å². The third-order valence-electron chi connectivity index (χ3n) is 13.3. The highest BCUT2D eigenvalue weighted by atomic mass is 16.3. The van der Waals surface area contributed by atoms with Gasteiger partial charge < -0.3 is 15.3 Å². The fraction of sp³-hybridized carbons (Fsp3) is 0.640. The largest absolute Gasteiger partial charge is 0.507 e. The molecule has 0 spiro atoms. The molecular formula is C50H84N6O3. The van der Waals surface area contributed by atoms with E-state index < -0.39 is 5.41 Å². The van der Waals surface area contributed by atoms with Gasteiger partial charge in [0.05, 0.1) is 0 Å². The first kappa shape index (κ1) is 50.2. The minimum absolute atomic E-state index is 0.375. The van der Waals surface area contributed by atoms with Crippen LogP contribution < -0.4 is 0 Å². The van der Waals surface area contributed by atoms with Gasteiger partial charge in [-0.15, -0.1) is 0 Å². The molecule has 0 aliphatic heterocycles. The van der Waals surface area contributed by atoms with Crippen LogP contribution in [0.5, 0.6) is 17.2 Å². The van der Waals surface area contributed by atoms with Gasteiger partial charge in [-0.1, -0.05) is 83.1 Å². The topological polar surface area (TPSA) is 80.1 Å². The second kappa shape index (κ2) is 24.3. The molecule has 0 heterocycles. The monoisotopic (exact) mass is 817 g/mol. The van der Waals surface area contributed by atoms with E-state index in [2.05, 4.69) is 156 Å². The van der Waals surface area contributed by atoms with Gasteiger partial charge >= 0.3 is 0 Å². The molecule has 59 heavy (non-hydrogen) atoms. The molecule has 3 N–H and O–H groups in total. The molecule has 0 saturated carbocycles. The van der Waals surface area contributed by atoms with Gasteiger partial charge in [0.25, 0.3) is 0 Å². The van der Waals surface area contributed by atoms with Crippen molar-refractivity contribution in [2.45, 2.75) is 135 Å². The number of aromatic hydroxyl groups is 3. The molecule has 0 aliphatic rings. The van der Waals surface area contributed by atoms with Crippen molar-refractivity contribution in [3.05, 3.63) is 86.5 Å². The summed E-state index contributed by atoms with van der Waals surface area (Å²) < 4.78 is 0. The zero-order valence-electron chi connectivity index (χ0n) is 39.7. The number of phenolic OH excluding ortho intramolecular Hbond substituents is 3. The van der Waals surface area contributed by atoms with Crippen LogP contribution in [0.2, 0.25) is 0 Å². The molecule has 0 bridgehead atoms. The minimum Gasteiger partial charge on any atom is -0.507 e. The maximum Gasteiger partial charge on any atom is 0.124 e. The molecule has 0 radical (unpaired) electrons. The lowest BCUT2D eigenvalue weighted by atomic mass is 9.68. The van der Waals surface area contributed by atoms with Gasteiger partial charge in [-0.2, -0.15) is 0 Å². The summed E-state index contributed by atoms with van der Waals surface area (Å²) in [6.45, 7) is 42.9. The van der Waals surface area contributed by atoms with Crippen LogP contribution in [0.15, 0.2) is 36.4 Å². The number of benzene rings is 3. The van der Waals surface area contributed by atoms with E-state index in [1.807, 2.05) is 0 Å². The first-order chi connectivity index (χ1) is 28.3. The lowest BCUT2D eigenvalue weighted by Crippen LogP contribution is -2.30. The third-order valence-corrected chi connectivity index (χ3v) is 13.3. The van der Waals surface area contributed by atoms with Crippen LogP contribution in [-0.4, -0.2) is 123 Å². The predicted molar refractivity (Wildman–Crippen MR) is 250 cm³/mol. The second-order valence-corrected chi connectivity index (χ2v) is 16.3. The molecular weight excluding hydrogens is 733 g/mol. The van der Waals surface area contributed by atoms with Crippen LogP contribution in [0.4, 0.5) is 0 Å². The molecule has 3 rings (SSSR count). The van der Waals surface area contributed by atoms with Crippen molar-refractivity contribution >= 4 is 0 Å². The first-order valence-electron chi connectivity index (χ1n) is 23.2. The summed E-state index contributed by atoms with van der Waals surface area (Å²) in [5, 5.41) is 36.4. The number of rotatable bonds is 27. The van der Waals surface area contributed by atoms with Gasteiger partial charge in [0.15, 0.2) is 0 Å². The van der Waals surface area contributed by atoms with Gasteiger partial charge in [-0.05, 0) is 139 Å². The van der Waals surface area contributed by atoms with Crippen LogP contribution in [0.1, 0.15) is 140 Å². The van der Waals surface area contributed by atoms with Gasteiger partial charge in [0.2, 0.25) is 0 Å². The molecule has 0 aliphatic carbocycles. The Morgan fingerprint density at radius 1 is 0.305 bits per heavy atom. The smallest absolute Gasteiger partial charge is 0.124 e. The molecule has 0 amide bonds. The zero-order chi connectivity index (χ0) is 43.9. The summed E-state index contributed by atoms with van der Waals surface area (Å²) in [7, 11) is 0. The quantitative estimate of drug-likeness (QED) is 0.0653. The van der Waals surface area contributed by atoms with Crippen molar-refractivity contribution in [1.82, 2.24) is 29.4 Å². The fourth-order valence-electron chi connectivity index (χ4n) is 8.50. The standard InChI is InChI=1S/C50H84N6O3/c1-14-51(15-2)32-38-26-44(27-39(47(38)57)33-52(16-3)17-4)50(13,45-28-40(34-53(18-5)19-6)48(58)41(29-45)35-54(20-7)21-8)46-30-42(36-55(22-9)23-10)49(59)43(31-46)37-56(24-11)25-12/h26-31,57-59H,14-25,32-37H2,1-13H3. The average Bonchev–Trinajstić information content (AvgIpc) is 3.26.